The summed E-state index contributed by atoms with van der Waals surface area (Å²) in [6, 6.07) is 13.9. The van der Waals surface area contributed by atoms with Crippen molar-refractivity contribution in [2.45, 2.75) is 26.3 Å². The molecule has 1 amide bonds. The van der Waals surface area contributed by atoms with E-state index in [1.54, 1.807) is 32.4 Å². The molecule has 0 saturated carbocycles. The molecule has 0 spiro atoms. The third kappa shape index (κ3) is 5.49. The lowest BCUT2D eigenvalue weighted by atomic mass is 10.0. The molecule has 1 atom stereocenters. The van der Waals surface area contributed by atoms with Crippen LogP contribution in [0.5, 0.6) is 11.5 Å². The molecule has 0 bridgehead atoms. The van der Waals surface area contributed by atoms with E-state index < -0.39 is 0 Å². The van der Waals surface area contributed by atoms with E-state index in [1.807, 2.05) is 7.05 Å². The number of carbonyl (C=O) groups excluding carboxylic acids is 1. The van der Waals surface area contributed by atoms with Gasteiger partial charge in [-0.3, -0.25) is 4.79 Å². The van der Waals surface area contributed by atoms with Gasteiger partial charge in [0.2, 0.25) is 0 Å². The van der Waals surface area contributed by atoms with Gasteiger partial charge in [-0.1, -0.05) is 38.1 Å². The fourth-order valence-corrected chi connectivity index (χ4v) is 2.81. The molecular formula is C21H29N2O3+. The molecule has 1 unspecified atom stereocenters. The van der Waals surface area contributed by atoms with Crippen LogP contribution >= 0.6 is 0 Å². The van der Waals surface area contributed by atoms with Crippen LogP contribution in [0.1, 0.15) is 30.9 Å². The number of amides is 1. The molecule has 5 heteroatoms. The van der Waals surface area contributed by atoms with Crippen molar-refractivity contribution in [2.24, 2.45) is 0 Å². The Kier molecular flexibility index (Phi) is 7.04. The monoisotopic (exact) mass is 357 g/mol. The SMILES string of the molecule is COc1ccc(OC)c(NC(=O)C[NH+](C)Cc2ccc(C(C)C)cc2)c1. The smallest absolute Gasteiger partial charge is 0.279 e. The van der Waals surface area contributed by atoms with Crippen molar-refractivity contribution in [2.75, 3.05) is 33.1 Å². The fraction of sp³-hybridized carbons (Fsp3) is 0.381. The number of carbonyl (C=O) groups is 1. The Hall–Kier alpha value is -2.53. The molecule has 0 heterocycles. The van der Waals surface area contributed by atoms with E-state index in [4.69, 9.17) is 9.47 Å². The number of quaternary nitrogens is 1. The van der Waals surface area contributed by atoms with E-state index in [2.05, 4.69) is 43.4 Å². The summed E-state index contributed by atoms with van der Waals surface area (Å²) in [6.07, 6.45) is 0. The van der Waals surface area contributed by atoms with E-state index in [0.29, 0.717) is 29.6 Å². The first-order valence-corrected chi connectivity index (χ1v) is 8.85. The molecule has 2 aromatic carbocycles. The Morgan fingerprint density at radius 2 is 1.77 bits per heavy atom. The lowest BCUT2D eigenvalue weighted by Crippen LogP contribution is -3.08. The first-order chi connectivity index (χ1) is 12.4. The van der Waals surface area contributed by atoms with Gasteiger partial charge in [-0.05, 0) is 23.6 Å². The number of ether oxygens (including phenoxy) is 2. The zero-order valence-electron chi connectivity index (χ0n) is 16.3. The van der Waals surface area contributed by atoms with E-state index >= 15 is 0 Å². The fourth-order valence-electron chi connectivity index (χ4n) is 2.81. The number of benzene rings is 2. The van der Waals surface area contributed by atoms with Gasteiger partial charge in [0, 0.05) is 11.6 Å². The predicted molar refractivity (Wildman–Crippen MR) is 104 cm³/mol. The molecule has 2 aromatic rings. The van der Waals surface area contributed by atoms with Gasteiger partial charge >= 0.3 is 0 Å². The maximum Gasteiger partial charge on any atom is 0.279 e. The number of rotatable bonds is 8. The van der Waals surface area contributed by atoms with Crippen molar-refractivity contribution in [1.29, 1.82) is 0 Å². The van der Waals surface area contributed by atoms with Crippen molar-refractivity contribution in [1.82, 2.24) is 0 Å². The summed E-state index contributed by atoms with van der Waals surface area (Å²) in [5.74, 6) is 1.75. The highest BCUT2D eigenvalue weighted by molar-refractivity contribution is 5.93. The third-order valence-electron chi connectivity index (χ3n) is 4.30. The number of hydrogen-bond acceptors (Lipinski definition) is 3. The lowest BCUT2D eigenvalue weighted by Gasteiger charge is -2.16. The molecule has 140 valence electrons. The zero-order chi connectivity index (χ0) is 19.1. The normalized spacial score (nSPS) is 11.9. The Balaban J connectivity index is 1.94. The number of likely N-dealkylation sites (N-methyl/N-ethyl adjacent to an activating group) is 1. The summed E-state index contributed by atoms with van der Waals surface area (Å²) in [6.45, 7) is 5.53. The molecule has 0 radical (unpaired) electrons. The van der Waals surface area contributed by atoms with Crippen LogP contribution < -0.4 is 19.7 Å². The molecule has 2 N–H and O–H groups in total. The molecule has 26 heavy (non-hydrogen) atoms. The van der Waals surface area contributed by atoms with Crippen LogP contribution in [0.25, 0.3) is 0 Å². The minimum atomic E-state index is -0.0622. The van der Waals surface area contributed by atoms with E-state index in [1.165, 1.54) is 11.1 Å². The predicted octanol–water partition coefficient (Wildman–Crippen LogP) is 2.48. The zero-order valence-corrected chi connectivity index (χ0v) is 16.3. The Morgan fingerprint density at radius 1 is 1.08 bits per heavy atom. The molecule has 0 fully saturated rings. The topological polar surface area (TPSA) is 52.0 Å². The molecule has 5 nitrogen and oxygen atoms in total. The van der Waals surface area contributed by atoms with Gasteiger partial charge in [0.1, 0.15) is 18.0 Å². The van der Waals surface area contributed by atoms with Crippen LogP contribution in [0, 0.1) is 0 Å². The molecule has 0 aliphatic rings. The van der Waals surface area contributed by atoms with Crippen LogP contribution in [0.15, 0.2) is 42.5 Å². The highest BCUT2D eigenvalue weighted by Crippen LogP contribution is 2.28. The van der Waals surface area contributed by atoms with Gasteiger partial charge in [0.15, 0.2) is 6.54 Å². The molecule has 0 saturated heterocycles. The highest BCUT2D eigenvalue weighted by atomic mass is 16.5. The van der Waals surface area contributed by atoms with Crippen LogP contribution in [0.4, 0.5) is 5.69 Å². The summed E-state index contributed by atoms with van der Waals surface area (Å²) in [7, 11) is 5.18. The van der Waals surface area contributed by atoms with Crippen molar-refractivity contribution >= 4 is 11.6 Å². The van der Waals surface area contributed by atoms with Gasteiger partial charge < -0.3 is 19.7 Å². The number of anilines is 1. The number of nitrogens with one attached hydrogen (secondary N) is 2. The largest absolute Gasteiger partial charge is 0.497 e. The van der Waals surface area contributed by atoms with Gasteiger partial charge in [0.25, 0.3) is 5.91 Å². The summed E-state index contributed by atoms with van der Waals surface area (Å²) in [5.41, 5.74) is 3.17. The van der Waals surface area contributed by atoms with E-state index in [0.717, 1.165) is 11.4 Å². The van der Waals surface area contributed by atoms with Crippen LogP contribution in [0.3, 0.4) is 0 Å². The third-order valence-corrected chi connectivity index (χ3v) is 4.30. The number of methoxy groups -OCH3 is 2. The van der Waals surface area contributed by atoms with Gasteiger partial charge in [-0.25, -0.2) is 0 Å². The summed E-state index contributed by atoms with van der Waals surface area (Å²) < 4.78 is 10.5. The van der Waals surface area contributed by atoms with Gasteiger partial charge in [0.05, 0.1) is 27.0 Å². The second kappa shape index (κ2) is 9.25. The molecule has 2 rings (SSSR count). The first kappa shape index (κ1) is 19.8. The molecule has 0 aliphatic heterocycles. The maximum atomic E-state index is 12.4. The Morgan fingerprint density at radius 3 is 2.35 bits per heavy atom. The minimum Gasteiger partial charge on any atom is -0.497 e. The Labute approximate surface area is 155 Å². The van der Waals surface area contributed by atoms with Gasteiger partial charge in [-0.15, -0.1) is 0 Å². The molecule has 0 aromatic heterocycles. The quantitative estimate of drug-likeness (QED) is 0.763. The number of hydrogen-bond donors (Lipinski definition) is 2. The minimum absolute atomic E-state index is 0.0622. The van der Waals surface area contributed by atoms with E-state index in [-0.39, 0.29) is 5.91 Å². The van der Waals surface area contributed by atoms with Crippen molar-refractivity contribution < 1.29 is 19.2 Å². The molecular weight excluding hydrogens is 328 g/mol. The highest BCUT2D eigenvalue weighted by Gasteiger charge is 2.14. The average molecular weight is 357 g/mol. The first-order valence-electron chi connectivity index (χ1n) is 8.85. The van der Waals surface area contributed by atoms with Gasteiger partial charge in [-0.2, -0.15) is 0 Å². The summed E-state index contributed by atoms with van der Waals surface area (Å²) in [5, 5.41) is 2.91. The van der Waals surface area contributed by atoms with Crippen LogP contribution in [-0.2, 0) is 11.3 Å². The molecule has 0 aliphatic carbocycles. The van der Waals surface area contributed by atoms with Crippen molar-refractivity contribution in [3.8, 4) is 11.5 Å². The van der Waals surface area contributed by atoms with Crippen LogP contribution in [0.2, 0.25) is 0 Å². The average Bonchev–Trinajstić information content (AvgIpc) is 2.61. The maximum absolute atomic E-state index is 12.4. The van der Waals surface area contributed by atoms with Crippen molar-refractivity contribution in [3.05, 3.63) is 53.6 Å². The summed E-state index contributed by atoms with van der Waals surface area (Å²) in [4.78, 5) is 13.5. The second-order valence-corrected chi connectivity index (χ2v) is 6.82. The lowest BCUT2D eigenvalue weighted by molar-refractivity contribution is -0.885. The second-order valence-electron chi connectivity index (χ2n) is 6.82. The Bertz CT molecular complexity index is 727. The van der Waals surface area contributed by atoms with Crippen molar-refractivity contribution in [3.63, 3.8) is 0 Å². The summed E-state index contributed by atoms with van der Waals surface area (Å²) >= 11 is 0. The standard InChI is InChI=1S/C21H28N2O3/c1-15(2)17-8-6-16(7-9-17)13-23(3)14-21(24)22-19-12-18(25-4)10-11-20(19)26-5/h6-12,15H,13-14H2,1-5H3,(H,22,24)/p+1. The van der Waals surface area contributed by atoms with E-state index in [9.17, 15) is 4.79 Å². The van der Waals surface area contributed by atoms with Crippen LogP contribution in [-0.4, -0.2) is 33.7 Å².